The number of hydrogen-bond donors (Lipinski definition) is 1. The fourth-order valence-electron chi connectivity index (χ4n) is 2.39. The molecule has 21 heavy (non-hydrogen) atoms. The smallest absolute Gasteiger partial charge is 0.126 e. The largest absolute Gasteiger partial charge is 0.313 e. The molecule has 0 aliphatic carbocycles. The molecule has 2 nitrogen and oxygen atoms in total. The van der Waals surface area contributed by atoms with Crippen LogP contribution in [0.4, 0.5) is 4.39 Å². The molecule has 4 heteroatoms. The maximum atomic E-state index is 13.7. The van der Waals surface area contributed by atoms with Crippen LogP contribution in [-0.4, -0.2) is 12.0 Å². The van der Waals surface area contributed by atoms with Gasteiger partial charge in [-0.2, -0.15) is 0 Å². The van der Waals surface area contributed by atoms with Crippen molar-refractivity contribution in [3.63, 3.8) is 0 Å². The Morgan fingerprint density at radius 3 is 2.76 bits per heavy atom. The number of hydrogen-bond acceptors (Lipinski definition) is 3. The van der Waals surface area contributed by atoms with Gasteiger partial charge in [-0.25, -0.2) is 9.37 Å². The molecule has 0 fully saturated rings. The third-order valence-electron chi connectivity index (χ3n) is 3.66. The molecule has 1 aromatic heterocycles. The summed E-state index contributed by atoms with van der Waals surface area (Å²) in [6.07, 6.45) is 0.762. The molecule has 1 heterocycles. The van der Waals surface area contributed by atoms with Crippen LogP contribution in [0, 0.1) is 12.7 Å². The Bertz CT molecular complexity index is 733. The molecule has 0 aliphatic rings. The number of halogens is 1. The van der Waals surface area contributed by atoms with Gasteiger partial charge < -0.3 is 5.32 Å². The standard InChI is InChI=1S/C17H17FN2S/c1-11-7-8-12(9-13(11)18)15(19-2)10-17-20-14-5-3-4-6-16(14)21-17/h3-9,15,19H,10H2,1-2H3. The molecule has 1 atom stereocenters. The second-order valence-electron chi connectivity index (χ2n) is 5.13. The number of benzene rings is 2. The van der Waals surface area contributed by atoms with Crippen molar-refractivity contribution < 1.29 is 4.39 Å². The third kappa shape index (κ3) is 2.96. The minimum atomic E-state index is -0.156. The lowest BCUT2D eigenvalue weighted by Gasteiger charge is -2.15. The summed E-state index contributed by atoms with van der Waals surface area (Å²) in [7, 11) is 1.90. The number of rotatable bonds is 4. The normalized spacial score (nSPS) is 12.7. The van der Waals surface area contributed by atoms with Crippen molar-refractivity contribution in [3.05, 3.63) is 64.4 Å². The van der Waals surface area contributed by atoms with Crippen LogP contribution >= 0.6 is 11.3 Å². The zero-order valence-corrected chi connectivity index (χ0v) is 12.9. The van der Waals surface area contributed by atoms with Crippen molar-refractivity contribution in [3.8, 4) is 0 Å². The van der Waals surface area contributed by atoms with Crippen molar-refractivity contribution >= 4 is 21.6 Å². The van der Waals surface area contributed by atoms with Gasteiger partial charge in [0.1, 0.15) is 5.82 Å². The summed E-state index contributed by atoms with van der Waals surface area (Å²) in [6.45, 7) is 1.78. The van der Waals surface area contributed by atoms with Crippen LogP contribution in [0.5, 0.6) is 0 Å². The Labute approximate surface area is 127 Å². The number of nitrogens with one attached hydrogen (secondary N) is 1. The van der Waals surface area contributed by atoms with E-state index in [1.54, 1.807) is 24.3 Å². The highest BCUT2D eigenvalue weighted by atomic mass is 32.1. The average Bonchev–Trinajstić information content (AvgIpc) is 2.90. The first kappa shape index (κ1) is 14.2. The van der Waals surface area contributed by atoms with E-state index >= 15 is 0 Å². The van der Waals surface area contributed by atoms with E-state index in [4.69, 9.17) is 0 Å². The molecule has 0 saturated carbocycles. The van der Waals surface area contributed by atoms with Gasteiger partial charge >= 0.3 is 0 Å². The number of likely N-dealkylation sites (N-methyl/N-ethyl adjacent to an activating group) is 1. The first-order valence-electron chi connectivity index (χ1n) is 6.95. The lowest BCUT2D eigenvalue weighted by molar-refractivity contribution is 0.573. The maximum absolute atomic E-state index is 13.7. The molecule has 0 saturated heterocycles. The second kappa shape index (κ2) is 5.92. The first-order valence-corrected chi connectivity index (χ1v) is 7.77. The first-order chi connectivity index (χ1) is 10.2. The Morgan fingerprint density at radius 2 is 2.05 bits per heavy atom. The van der Waals surface area contributed by atoms with E-state index in [9.17, 15) is 4.39 Å². The molecule has 0 aliphatic heterocycles. The molecule has 108 valence electrons. The summed E-state index contributed by atoms with van der Waals surface area (Å²) in [5, 5.41) is 4.32. The zero-order valence-electron chi connectivity index (χ0n) is 12.1. The number of aryl methyl sites for hydroxylation is 1. The van der Waals surface area contributed by atoms with E-state index in [0.29, 0.717) is 5.56 Å². The molecule has 0 bridgehead atoms. The van der Waals surface area contributed by atoms with Gasteiger partial charge in [0.2, 0.25) is 0 Å². The van der Waals surface area contributed by atoms with Crippen molar-refractivity contribution in [2.75, 3.05) is 7.05 Å². The van der Waals surface area contributed by atoms with Gasteiger partial charge in [-0.05, 0) is 43.3 Å². The molecular formula is C17H17FN2S. The Morgan fingerprint density at radius 1 is 1.24 bits per heavy atom. The minimum Gasteiger partial charge on any atom is -0.313 e. The van der Waals surface area contributed by atoms with E-state index in [-0.39, 0.29) is 11.9 Å². The summed E-state index contributed by atoms with van der Waals surface area (Å²) in [6, 6.07) is 13.6. The third-order valence-corrected chi connectivity index (χ3v) is 4.72. The zero-order chi connectivity index (χ0) is 14.8. The van der Waals surface area contributed by atoms with Gasteiger partial charge in [-0.3, -0.25) is 0 Å². The average molecular weight is 300 g/mol. The maximum Gasteiger partial charge on any atom is 0.126 e. The summed E-state index contributed by atoms with van der Waals surface area (Å²) >= 11 is 1.70. The summed E-state index contributed by atoms with van der Waals surface area (Å²) < 4.78 is 14.9. The Hall–Kier alpha value is -1.78. The number of nitrogens with zero attached hydrogens (tertiary/aromatic N) is 1. The van der Waals surface area contributed by atoms with Crippen LogP contribution in [0.25, 0.3) is 10.2 Å². The fraction of sp³-hybridized carbons (Fsp3) is 0.235. The van der Waals surface area contributed by atoms with Crippen molar-refractivity contribution in [1.29, 1.82) is 0 Å². The van der Waals surface area contributed by atoms with Crippen LogP contribution in [0.3, 0.4) is 0 Å². The lowest BCUT2D eigenvalue weighted by Crippen LogP contribution is -2.19. The van der Waals surface area contributed by atoms with Gasteiger partial charge in [0.25, 0.3) is 0 Å². The number of fused-ring (bicyclic) bond motifs is 1. The van der Waals surface area contributed by atoms with Crippen molar-refractivity contribution in [2.45, 2.75) is 19.4 Å². The Balaban J connectivity index is 1.88. The molecule has 1 N–H and O–H groups in total. The monoisotopic (exact) mass is 300 g/mol. The molecular weight excluding hydrogens is 283 g/mol. The van der Waals surface area contributed by atoms with Crippen molar-refractivity contribution in [1.82, 2.24) is 10.3 Å². The van der Waals surface area contributed by atoms with E-state index < -0.39 is 0 Å². The van der Waals surface area contributed by atoms with E-state index in [0.717, 1.165) is 22.5 Å². The van der Waals surface area contributed by atoms with Crippen LogP contribution in [-0.2, 0) is 6.42 Å². The van der Waals surface area contributed by atoms with E-state index in [1.807, 2.05) is 37.4 Å². The SMILES string of the molecule is CNC(Cc1nc2ccccc2s1)c1ccc(C)c(F)c1. The quantitative estimate of drug-likeness (QED) is 0.779. The number of para-hydroxylation sites is 1. The highest BCUT2D eigenvalue weighted by molar-refractivity contribution is 7.18. The topological polar surface area (TPSA) is 24.9 Å². The van der Waals surface area contributed by atoms with Crippen LogP contribution in [0.1, 0.15) is 22.2 Å². The van der Waals surface area contributed by atoms with E-state index in [2.05, 4.69) is 16.4 Å². The van der Waals surface area contributed by atoms with Crippen LogP contribution < -0.4 is 5.32 Å². The predicted molar refractivity (Wildman–Crippen MR) is 86.3 cm³/mol. The summed E-state index contributed by atoms with van der Waals surface area (Å²) in [5.74, 6) is -0.156. The number of thiazole rings is 1. The highest BCUT2D eigenvalue weighted by Crippen LogP contribution is 2.26. The summed E-state index contributed by atoms with van der Waals surface area (Å²) in [4.78, 5) is 4.65. The van der Waals surface area contributed by atoms with Gasteiger partial charge in [0, 0.05) is 12.5 Å². The van der Waals surface area contributed by atoms with Crippen molar-refractivity contribution in [2.24, 2.45) is 0 Å². The highest BCUT2D eigenvalue weighted by Gasteiger charge is 2.14. The molecule has 0 radical (unpaired) electrons. The Kier molecular flexibility index (Phi) is 3.99. The molecule has 0 spiro atoms. The molecule has 3 rings (SSSR count). The van der Waals surface area contributed by atoms with E-state index in [1.165, 1.54) is 4.70 Å². The van der Waals surface area contributed by atoms with Gasteiger partial charge in [0.05, 0.1) is 15.2 Å². The lowest BCUT2D eigenvalue weighted by atomic mass is 10.0. The molecule has 3 aromatic rings. The van der Waals surface area contributed by atoms with Crippen LogP contribution in [0.15, 0.2) is 42.5 Å². The molecule has 0 amide bonds. The van der Waals surface area contributed by atoms with Gasteiger partial charge in [-0.15, -0.1) is 11.3 Å². The minimum absolute atomic E-state index is 0.0701. The van der Waals surface area contributed by atoms with Gasteiger partial charge in [0.15, 0.2) is 0 Å². The summed E-state index contributed by atoms with van der Waals surface area (Å²) in [5.41, 5.74) is 2.66. The predicted octanol–water partition coefficient (Wildman–Crippen LogP) is 4.25. The number of aromatic nitrogens is 1. The molecule has 1 unspecified atom stereocenters. The molecule has 2 aromatic carbocycles. The second-order valence-corrected chi connectivity index (χ2v) is 6.24. The van der Waals surface area contributed by atoms with Gasteiger partial charge in [-0.1, -0.05) is 24.3 Å². The fourth-order valence-corrected chi connectivity index (χ4v) is 3.41. The van der Waals surface area contributed by atoms with Crippen LogP contribution in [0.2, 0.25) is 0 Å².